The minimum absolute atomic E-state index is 0.0757. The molecule has 0 heterocycles. The van der Waals surface area contributed by atoms with Crippen molar-refractivity contribution in [3.05, 3.63) is 96.1 Å². The summed E-state index contributed by atoms with van der Waals surface area (Å²) in [6, 6.07) is 29.2. The largest absolute Gasteiger partial charge is 0.481 e. The van der Waals surface area contributed by atoms with Gasteiger partial charge in [0.05, 0.1) is 6.42 Å². The molecule has 0 fully saturated rings. The van der Waals surface area contributed by atoms with Gasteiger partial charge in [0.25, 0.3) is 0 Å². The number of benzene rings is 4. The van der Waals surface area contributed by atoms with Gasteiger partial charge in [-0.25, -0.2) is 0 Å². The molecule has 0 saturated carbocycles. The van der Waals surface area contributed by atoms with E-state index in [-0.39, 0.29) is 18.3 Å². The Kier molecular flexibility index (Phi) is 4.64. The van der Waals surface area contributed by atoms with Crippen LogP contribution < -0.4 is 0 Å². The highest BCUT2D eigenvalue weighted by molar-refractivity contribution is 5.84. The van der Waals surface area contributed by atoms with Crippen LogP contribution in [0.2, 0.25) is 0 Å². The van der Waals surface area contributed by atoms with Crippen LogP contribution >= 0.6 is 0 Å². The molecule has 0 aliphatic heterocycles. The fourth-order valence-electron chi connectivity index (χ4n) is 3.93. The van der Waals surface area contributed by atoms with Gasteiger partial charge in [-0.15, -0.1) is 0 Å². The van der Waals surface area contributed by atoms with Gasteiger partial charge in [-0.05, 0) is 38.6 Å². The van der Waals surface area contributed by atoms with Gasteiger partial charge >= 0.3 is 5.97 Å². The fraction of sp³-hybridized carbons (Fsp3) is 0.160. The molecule has 0 radical (unpaired) electrons. The Bertz CT molecular complexity index is 1110. The van der Waals surface area contributed by atoms with Crippen molar-refractivity contribution in [3.8, 4) is 0 Å². The first-order valence-electron chi connectivity index (χ1n) is 9.31. The van der Waals surface area contributed by atoms with Crippen molar-refractivity contribution in [2.75, 3.05) is 0 Å². The number of hydrogen-bond donors (Lipinski definition) is 1. The third-order valence-electron chi connectivity index (χ3n) is 5.50. The van der Waals surface area contributed by atoms with Crippen molar-refractivity contribution in [2.45, 2.75) is 25.2 Å². The number of aliphatic carboxylic acids is 1. The van der Waals surface area contributed by atoms with E-state index >= 15 is 0 Å². The summed E-state index contributed by atoms with van der Waals surface area (Å²) in [4.78, 5) is 11.6. The second-order valence-corrected chi connectivity index (χ2v) is 7.21. The molecule has 0 aromatic heterocycles. The van der Waals surface area contributed by atoms with Gasteiger partial charge in [-0.2, -0.15) is 0 Å². The molecule has 2 atom stereocenters. The number of hydrogen-bond acceptors (Lipinski definition) is 1. The molecule has 2 unspecified atom stereocenters. The molecule has 27 heavy (non-hydrogen) atoms. The highest BCUT2D eigenvalue weighted by Crippen LogP contribution is 2.37. The van der Waals surface area contributed by atoms with E-state index in [0.29, 0.717) is 0 Å². The van der Waals surface area contributed by atoms with E-state index in [1.54, 1.807) is 0 Å². The Labute approximate surface area is 159 Å². The molecule has 0 spiro atoms. The summed E-state index contributed by atoms with van der Waals surface area (Å²) >= 11 is 0. The molecule has 1 N–H and O–H groups in total. The first-order valence-corrected chi connectivity index (χ1v) is 9.31. The number of fused-ring (bicyclic) bond motifs is 2. The lowest BCUT2D eigenvalue weighted by molar-refractivity contribution is -0.137. The number of carboxylic acid groups (broad SMARTS) is 1. The lowest BCUT2D eigenvalue weighted by Crippen LogP contribution is -2.13. The second-order valence-electron chi connectivity index (χ2n) is 7.21. The third kappa shape index (κ3) is 3.56. The smallest absolute Gasteiger partial charge is 0.303 e. The maximum absolute atomic E-state index is 11.6. The topological polar surface area (TPSA) is 37.3 Å². The monoisotopic (exact) mass is 354 g/mol. The second kappa shape index (κ2) is 7.24. The Morgan fingerprint density at radius 3 is 1.78 bits per heavy atom. The fourth-order valence-corrected chi connectivity index (χ4v) is 3.93. The van der Waals surface area contributed by atoms with Gasteiger partial charge in [0.1, 0.15) is 0 Å². The number of rotatable bonds is 5. The van der Waals surface area contributed by atoms with Gasteiger partial charge in [0, 0.05) is 5.92 Å². The lowest BCUT2D eigenvalue weighted by Gasteiger charge is -2.24. The van der Waals surface area contributed by atoms with Crippen LogP contribution in [-0.4, -0.2) is 11.1 Å². The van der Waals surface area contributed by atoms with E-state index in [1.807, 2.05) is 24.3 Å². The molecule has 2 nitrogen and oxygen atoms in total. The van der Waals surface area contributed by atoms with E-state index in [9.17, 15) is 9.90 Å². The molecule has 4 rings (SSSR count). The Balaban J connectivity index is 1.76. The van der Waals surface area contributed by atoms with Crippen molar-refractivity contribution in [3.63, 3.8) is 0 Å². The normalized spacial score (nSPS) is 13.5. The molecule has 0 saturated heterocycles. The zero-order valence-electron chi connectivity index (χ0n) is 15.3. The van der Waals surface area contributed by atoms with Crippen molar-refractivity contribution >= 4 is 27.5 Å². The average molecular weight is 354 g/mol. The summed E-state index contributed by atoms with van der Waals surface area (Å²) in [6.45, 7) is 2.13. The highest BCUT2D eigenvalue weighted by Gasteiger charge is 2.24. The van der Waals surface area contributed by atoms with Crippen LogP contribution in [0.25, 0.3) is 21.5 Å². The van der Waals surface area contributed by atoms with E-state index in [2.05, 4.69) is 67.6 Å². The summed E-state index contributed by atoms with van der Waals surface area (Å²) in [7, 11) is 0. The van der Waals surface area contributed by atoms with Gasteiger partial charge < -0.3 is 5.11 Å². The van der Waals surface area contributed by atoms with Crippen LogP contribution in [0.3, 0.4) is 0 Å². The van der Waals surface area contributed by atoms with Crippen molar-refractivity contribution < 1.29 is 9.90 Å². The maximum atomic E-state index is 11.6. The summed E-state index contributed by atoms with van der Waals surface area (Å²) in [5, 5.41) is 14.2. The van der Waals surface area contributed by atoms with Crippen LogP contribution in [0, 0.1) is 0 Å². The van der Waals surface area contributed by atoms with E-state index in [0.717, 1.165) is 10.9 Å². The standard InChI is InChI=1S/C25H22O2/c1-17(20-12-10-18-6-2-4-8-21(18)14-20)24(16-25(26)27)23-13-11-19-7-3-5-9-22(19)15-23/h2-15,17,24H,16H2,1H3,(H,26,27). The van der Waals surface area contributed by atoms with E-state index in [4.69, 9.17) is 0 Å². The van der Waals surface area contributed by atoms with Crippen LogP contribution in [0.5, 0.6) is 0 Å². The van der Waals surface area contributed by atoms with E-state index < -0.39 is 5.97 Å². The maximum Gasteiger partial charge on any atom is 0.303 e. The predicted molar refractivity (Wildman–Crippen MR) is 111 cm³/mol. The molecule has 4 aromatic rings. The predicted octanol–water partition coefficient (Wildman–Crippen LogP) is 6.36. The molecule has 4 aromatic carbocycles. The molecule has 0 bridgehead atoms. The number of carbonyl (C=O) groups is 1. The molecular formula is C25H22O2. The SMILES string of the molecule is CC(c1ccc2ccccc2c1)C(CC(=O)O)c1ccc2ccccc2c1. The lowest BCUT2D eigenvalue weighted by atomic mass is 9.79. The Morgan fingerprint density at radius 2 is 1.22 bits per heavy atom. The van der Waals surface area contributed by atoms with Crippen LogP contribution in [0.4, 0.5) is 0 Å². The van der Waals surface area contributed by atoms with Gasteiger partial charge in [-0.1, -0.05) is 91.9 Å². The minimum atomic E-state index is -0.763. The van der Waals surface area contributed by atoms with Crippen LogP contribution in [-0.2, 0) is 4.79 Å². The number of carboxylic acids is 1. The van der Waals surface area contributed by atoms with Crippen molar-refractivity contribution in [1.82, 2.24) is 0 Å². The molecular weight excluding hydrogens is 332 g/mol. The van der Waals surface area contributed by atoms with Crippen molar-refractivity contribution in [1.29, 1.82) is 0 Å². The first kappa shape index (κ1) is 17.3. The first-order chi connectivity index (χ1) is 13.1. The van der Waals surface area contributed by atoms with Crippen LogP contribution in [0.1, 0.15) is 36.3 Å². The van der Waals surface area contributed by atoms with Crippen molar-refractivity contribution in [2.24, 2.45) is 0 Å². The molecule has 0 amide bonds. The molecule has 2 heteroatoms. The summed E-state index contributed by atoms with van der Waals surface area (Å²) in [6.07, 6.45) is 0.117. The van der Waals surface area contributed by atoms with Gasteiger partial charge in [-0.3, -0.25) is 4.79 Å². The summed E-state index contributed by atoms with van der Waals surface area (Å²) in [5.41, 5.74) is 2.25. The zero-order valence-corrected chi connectivity index (χ0v) is 15.3. The summed E-state index contributed by atoms with van der Waals surface area (Å²) < 4.78 is 0. The van der Waals surface area contributed by atoms with Gasteiger partial charge in [0.2, 0.25) is 0 Å². The molecule has 0 aliphatic carbocycles. The minimum Gasteiger partial charge on any atom is -0.481 e. The Hall–Kier alpha value is -3.13. The molecule has 0 aliphatic rings. The van der Waals surface area contributed by atoms with Crippen LogP contribution in [0.15, 0.2) is 84.9 Å². The Morgan fingerprint density at radius 1 is 0.741 bits per heavy atom. The third-order valence-corrected chi connectivity index (χ3v) is 5.50. The quantitative estimate of drug-likeness (QED) is 0.453. The van der Waals surface area contributed by atoms with Gasteiger partial charge in [0.15, 0.2) is 0 Å². The zero-order chi connectivity index (χ0) is 18.8. The molecule has 134 valence electrons. The highest BCUT2D eigenvalue weighted by atomic mass is 16.4. The average Bonchev–Trinajstić information content (AvgIpc) is 2.70. The van der Waals surface area contributed by atoms with E-state index in [1.165, 1.54) is 21.7 Å². The summed E-state index contributed by atoms with van der Waals surface area (Å²) in [5.74, 6) is -0.735.